The molecule has 2 heterocycles. The van der Waals surface area contributed by atoms with Crippen LogP contribution in [0, 0.1) is 23.6 Å². The van der Waals surface area contributed by atoms with Crippen molar-refractivity contribution in [2.75, 3.05) is 12.0 Å². The molecule has 0 unspecified atom stereocenters. The summed E-state index contributed by atoms with van der Waals surface area (Å²) in [5.74, 6) is -8.28. The van der Waals surface area contributed by atoms with Crippen molar-refractivity contribution in [1.82, 2.24) is 4.90 Å². The van der Waals surface area contributed by atoms with Gasteiger partial charge in [0, 0.05) is 5.92 Å². The third-order valence-electron chi connectivity index (χ3n) is 8.72. The molecule has 3 fully saturated rings. The quantitative estimate of drug-likeness (QED) is 0.284. The number of methoxy groups -OCH3 is 1. The Labute approximate surface area is 256 Å². The zero-order valence-electron chi connectivity index (χ0n) is 21.6. The fourth-order valence-corrected chi connectivity index (χ4v) is 8.30. The number of nitrogens with two attached hydrogens (primary N) is 1. The number of allylic oxidation sites excluding steroid dienone is 2. The van der Waals surface area contributed by atoms with Gasteiger partial charge in [0.25, 0.3) is 11.8 Å². The Morgan fingerprint density at radius 2 is 1.76 bits per heavy atom. The summed E-state index contributed by atoms with van der Waals surface area (Å²) in [5, 5.41) is 10.5. The van der Waals surface area contributed by atoms with Crippen LogP contribution in [0.3, 0.4) is 0 Å². The molecule has 0 aromatic heterocycles. The van der Waals surface area contributed by atoms with Gasteiger partial charge in [0.1, 0.15) is 5.82 Å². The number of hydrogen-bond donors (Lipinski definition) is 2. The van der Waals surface area contributed by atoms with E-state index < -0.39 is 68.9 Å². The number of hydrogen-bond acceptors (Lipinski definition) is 7. The normalized spacial score (nSPS) is 32.0. The molecule has 2 aromatic rings. The lowest BCUT2D eigenvalue weighted by molar-refractivity contribution is -0.136. The first-order chi connectivity index (χ1) is 19.8. The third kappa shape index (κ3) is 3.58. The summed E-state index contributed by atoms with van der Waals surface area (Å²) >= 11 is 17.8. The fraction of sp³-hybridized carbons (Fsp3) is 0.321. The molecule has 42 heavy (non-hydrogen) atoms. The zero-order chi connectivity index (χ0) is 30.5. The number of fused-ring (bicyclic) bond motifs is 4. The molecule has 2 aromatic carbocycles. The summed E-state index contributed by atoms with van der Waals surface area (Å²) in [6, 6.07) is 6.35. The summed E-state index contributed by atoms with van der Waals surface area (Å²) in [4.78, 5) is 63.8. The number of imide groups is 4. The van der Waals surface area contributed by atoms with Gasteiger partial charge in [0.2, 0.25) is 11.8 Å². The van der Waals surface area contributed by atoms with Crippen LogP contribution in [0.5, 0.6) is 11.5 Å². The van der Waals surface area contributed by atoms with E-state index in [1.807, 2.05) is 0 Å². The maximum atomic E-state index is 14.3. The Morgan fingerprint density at radius 1 is 1.10 bits per heavy atom. The van der Waals surface area contributed by atoms with Crippen LogP contribution in [0.1, 0.15) is 24.3 Å². The van der Waals surface area contributed by atoms with E-state index in [1.165, 1.54) is 31.4 Å². The van der Waals surface area contributed by atoms with E-state index in [9.17, 15) is 33.5 Å². The summed E-state index contributed by atoms with van der Waals surface area (Å²) < 4.78 is 19.3. The van der Waals surface area contributed by atoms with E-state index in [2.05, 4.69) is 15.9 Å². The predicted molar refractivity (Wildman–Crippen MR) is 150 cm³/mol. The molecule has 14 heteroatoms. The van der Waals surface area contributed by atoms with Crippen LogP contribution in [-0.2, 0) is 19.2 Å². The molecule has 2 saturated heterocycles. The Kier molecular flexibility index (Phi) is 6.49. The molecule has 218 valence electrons. The van der Waals surface area contributed by atoms with Crippen molar-refractivity contribution >= 4 is 74.5 Å². The molecule has 10 nitrogen and oxygen atoms in total. The van der Waals surface area contributed by atoms with Gasteiger partial charge in [0.05, 0.1) is 29.1 Å². The van der Waals surface area contributed by atoms with Crippen molar-refractivity contribution in [2.45, 2.75) is 28.5 Å². The molecular weight excluding hydrogens is 660 g/mol. The average molecular weight is 681 g/mol. The minimum atomic E-state index is -2.17. The smallest absolute Gasteiger partial charge is 0.328 e. The topological polar surface area (TPSA) is 147 Å². The molecule has 4 aliphatic rings. The van der Waals surface area contributed by atoms with Gasteiger partial charge in [-0.05, 0) is 76.7 Å². The number of halogens is 4. The van der Waals surface area contributed by atoms with Gasteiger partial charge in [-0.15, -0.1) is 23.2 Å². The third-order valence-corrected chi connectivity index (χ3v) is 10.7. The second kappa shape index (κ2) is 9.51. The summed E-state index contributed by atoms with van der Waals surface area (Å²) in [7, 11) is 1.32. The van der Waals surface area contributed by atoms with Crippen molar-refractivity contribution in [1.29, 1.82) is 0 Å². The molecule has 6 rings (SSSR count). The highest BCUT2D eigenvalue weighted by Crippen LogP contribution is 2.66. The van der Waals surface area contributed by atoms with Crippen LogP contribution in [0.25, 0.3) is 0 Å². The highest BCUT2D eigenvalue weighted by atomic mass is 79.9. The van der Waals surface area contributed by atoms with Crippen LogP contribution in [0.4, 0.5) is 14.9 Å². The first-order valence-electron chi connectivity index (χ1n) is 12.7. The molecular formula is C28H21BrCl2FN3O7. The number of aromatic hydroxyl groups is 1. The number of phenolic OH excluding ortho intramolecular Hbond substituents is 1. The Morgan fingerprint density at radius 3 is 2.38 bits per heavy atom. The van der Waals surface area contributed by atoms with Gasteiger partial charge < -0.3 is 15.6 Å². The molecule has 1 saturated carbocycles. The number of urea groups is 1. The number of carbonyl (C=O) groups excluding carboxylic acids is 5. The number of nitrogens with zero attached hydrogens (tertiary/aromatic N) is 2. The number of primary amides is 1. The van der Waals surface area contributed by atoms with Crippen LogP contribution < -0.4 is 15.4 Å². The molecule has 2 aliphatic heterocycles. The Bertz CT molecular complexity index is 1650. The number of amides is 6. The molecule has 0 spiro atoms. The van der Waals surface area contributed by atoms with E-state index in [-0.39, 0.29) is 34.5 Å². The Hall–Kier alpha value is -3.48. The van der Waals surface area contributed by atoms with Crippen LogP contribution in [0.2, 0.25) is 0 Å². The lowest BCUT2D eigenvalue weighted by Crippen LogP contribution is -2.60. The second-order valence-electron chi connectivity index (χ2n) is 10.7. The zero-order valence-corrected chi connectivity index (χ0v) is 24.7. The average Bonchev–Trinajstić information content (AvgIpc) is 3.29. The lowest BCUT2D eigenvalue weighted by Gasteiger charge is -2.50. The first-order valence-corrected chi connectivity index (χ1v) is 14.3. The highest BCUT2D eigenvalue weighted by molar-refractivity contribution is 9.10. The number of phenols is 1. The number of likely N-dealkylation sites (tertiary alicyclic amines) is 1. The van der Waals surface area contributed by atoms with Crippen molar-refractivity contribution in [2.24, 2.45) is 23.5 Å². The molecule has 0 radical (unpaired) electrons. The minimum absolute atomic E-state index is 0.0235. The standard InChI is InChI=1S/C28H21BrCl2FN3O7/c1-42-18-9-11(8-17(29)21(18)36)20-14-6-7-15-19(23(38)35(22(15)37)26(33)41)16(14)10-27(30)24(39)34(25(40)28(20,27)31)13-4-2-12(32)3-5-13/h2-6,8-9,15-16,19-20,36H,7,10H2,1H3,(H2,33,41)/t15-,16+,19-,20-,27+,28-/m0/s1. The minimum Gasteiger partial charge on any atom is -0.503 e. The molecule has 6 amide bonds. The summed E-state index contributed by atoms with van der Waals surface area (Å²) in [6.45, 7) is 0. The molecule has 2 aliphatic carbocycles. The number of ether oxygens (including phenoxy) is 1. The van der Waals surface area contributed by atoms with Crippen molar-refractivity contribution < 1.29 is 38.2 Å². The van der Waals surface area contributed by atoms with E-state index >= 15 is 0 Å². The number of anilines is 1. The Balaban J connectivity index is 1.59. The van der Waals surface area contributed by atoms with Crippen LogP contribution in [0.15, 0.2) is 52.5 Å². The molecule has 3 N–H and O–H groups in total. The first kappa shape index (κ1) is 28.6. The van der Waals surface area contributed by atoms with E-state index in [4.69, 9.17) is 33.7 Å². The number of benzene rings is 2. The van der Waals surface area contributed by atoms with E-state index in [0.717, 1.165) is 17.0 Å². The maximum Gasteiger partial charge on any atom is 0.328 e. The van der Waals surface area contributed by atoms with Crippen LogP contribution >= 0.6 is 39.1 Å². The van der Waals surface area contributed by atoms with Crippen molar-refractivity contribution in [3.05, 3.63) is 63.9 Å². The number of rotatable bonds is 3. The summed E-state index contributed by atoms with van der Waals surface area (Å²) in [5.41, 5.74) is 6.16. The predicted octanol–water partition coefficient (Wildman–Crippen LogP) is 3.94. The number of alkyl halides is 2. The van der Waals surface area contributed by atoms with Gasteiger partial charge in [-0.25, -0.2) is 14.1 Å². The van der Waals surface area contributed by atoms with E-state index in [1.54, 1.807) is 6.08 Å². The second-order valence-corrected chi connectivity index (χ2v) is 12.8. The molecule has 0 bridgehead atoms. The van der Waals surface area contributed by atoms with Gasteiger partial charge in [-0.1, -0.05) is 11.6 Å². The molecule has 6 atom stereocenters. The van der Waals surface area contributed by atoms with Gasteiger partial charge >= 0.3 is 6.03 Å². The summed E-state index contributed by atoms with van der Waals surface area (Å²) in [6.07, 6.45) is 1.38. The van der Waals surface area contributed by atoms with Gasteiger partial charge in [0.15, 0.2) is 21.2 Å². The fourth-order valence-electron chi connectivity index (χ4n) is 6.91. The number of carbonyl (C=O) groups is 5. The lowest BCUT2D eigenvalue weighted by atomic mass is 9.56. The van der Waals surface area contributed by atoms with Gasteiger partial charge in [-0.3, -0.25) is 19.2 Å². The monoisotopic (exact) mass is 679 g/mol. The SMILES string of the molecule is COc1cc([C@H]2C3=CC[C@@H]4C(=O)N(C(N)=O)C(=O)[C@@H]4[C@@H]3C[C@@]3(Cl)C(=O)N(c4ccc(F)cc4)C(=O)[C@@]23Cl)cc(Br)c1O. The van der Waals surface area contributed by atoms with Crippen LogP contribution in [-0.4, -0.2) is 56.5 Å². The maximum absolute atomic E-state index is 14.3. The van der Waals surface area contributed by atoms with E-state index in [0.29, 0.717) is 16.0 Å². The highest BCUT2D eigenvalue weighted by Gasteiger charge is 2.76. The largest absolute Gasteiger partial charge is 0.503 e. The van der Waals surface area contributed by atoms with Gasteiger partial charge in [-0.2, -0.15) is 4.90 Å². The van der Waals surface area contributed by atoms with Crippen molar-refractivity contribution in [3.8, 4) is 11.5 Å². The van der Waals surface area contributed by atoms with Crippen molar-refractivity contribution in [3.63, 3.8) is 0 Å².